The first-order valence-corrected chi connectivity index (χ1v) is 8.93. The summed E-state index contributed by atoms with van der Waals surface area (Å²) in [5.41, 5.74) is 0. The summed E-state index contributed by atoms with van der Waals surface area (Å²) in [5, 5.41) is 62.2. The van der Waals surface area contributed by atoms with E-state index in [1.165, 1.54) is 6.07 Å². The number of fused-ring (bicyclic) bond motifs is 6. The molecule has 0 spiro atoms. The maximum Gasteiger partial charge on any atom is 0.204 e. The lowest BCUT2D eigenvalue weighted by molar-refractivity contribution is 0.351. The molecule has 1 aromatic heterocycles. The molecule has 0 aliphatic heterocycles. The lowest BCUT2D eigenvalue weighted by atomic mass is 9.92. The molecule has 6 N–H and O–H groups in total. The maximum absolute atomic E-state index is 10.3. The highest BCUT2D eigenvalue weighted by atomic mass is 16.3. The highest BCUT2D eigenvalue weighted by Crippen LogP contribution is 2.55. The maximum atomic E-state index is 10.3. The standard InChI is InChI=1S/C18H12O6.C5H5N/c19-10-6-5-9-7-3-1-2-4-8(7)12-13(11(9)14(10)20)16(22)18(24)17(23)15(12)21;1-2-4-6-5-3-1/h1-6,19-24H;1-5H. The largest absolute Gasteiger partial charge is 0.504 e. The molecule has 0 unspecified atom stereocenters. The molecular formula is C23H17NO6. The van der Waals surface area contributed by atoms with Crippen molar-refractivity contribution in [3.05, 3.63) is 67.0 Å². The van der Waals surface area contributed by atoms with Crippen LogP contribution >= 0.6 is 0 Å². The molecule has 0 aliphatic rings. The van der Waals surface area contributed by atoms with Crippen molar-refractivity contribution >= 4 is 32.3 Å². The van der Waals surface area contributed by atoms with Crippen molar-refractivity contribution < 1.29 is 30.6 Å². The Morgan fingerprint density at radius 1 is 0.433 bits per heavy atom. The molecule has 5 rings (SSSR count). The molecule has 0 amide bonds. The first-order chi connectivity index (χ1) is 14.4. The second-order valence-electron chi connectivity index (χ2n) is 6.57. The van der Waals surface area contributed by atoms with Gasteiger partial charge in [0.05, 0.1) is 0 Å². The van der Waals surface area contributed by atoms with Crippen LogP contribution < -0.4 is 0 Å². The highest BCUT2D eigenvalue weighted by Gasteiger charge is 2.24. The fourth-order valence-electron chi connectivity index (χ4n) is 3.51. The molecule has 30 heavy (non-hydrogen) atoms. The van der Waals surface area contributed by atoms with Crippen molar-refractivity contribution in [2.45, 2.75) is 0 Å². The van der Waals surface area contributed by atoms with Crippen LogP contribution in [0.15, 0.2) is 67.0 Å². The van der Waals surface area contributed by atoms with E-state index in [1.807, 2.05) is 18.2 Å². The monoisotopic (exact) mass is 403 g/mol. The molecular weight excluding hydrogens is 386 g/mol. The van der Waals surface area contributed by atoms with Crippen LogP contribution in [-0.4, -0.2) is 35.6 Å². The minimum Gasteiger partial charge on any atom is -0.504 e. The molecule has 7 heteroatoms. The van der Waals surface area contributed by atoms with E-state index in [-0.39, 0.29) is 16.2 Å². The molecule has 5 aromatic rings. The number of phenols is 6. The van der Waals surface area contributed by atoms with E-state index in [1.54, 1.807) is 42.7 Å². The average Bonchev–Trinajstić information content (AvgIpc) is 2.79. The van der Waals surface area contributed by atoms with Gasteiger partial charge in [-0.1, -0.05) is 30.3 Å². The van der Waals surface area contributed by atoms with Gasteiger partial charge in [0, 0.05) is 28.6 Å². The molecule has 0 saturated carbocycles. The SMILES string of the molecule is Oc1ccc2c3ccccc3c3c(O)c(O)c(O)c(O)c3c2c1O.c1ccncc1. The first-order valence-electron chi connectivity index (χ1n) is 8.93. The third-order valence-corrected chi connectivity index (χ3v) is 4.86. The third kappa shape index (κ3) is 2.80. The van der Waals surface area contributed by atoms with E-state index in [0.717, 1.165) is 0 Å². The number of hydrogen-bond donors (Lipinski definition) is 6. The summed E-state index contributed by atoms with van der Waals surface area (Å²) < 4.78 is 0. The van der Waals surface area contributed by atoms with Gasteiger partial charge in [0.15, 0.2) is 23.0 Å². The summed E-state index contributed by atoms with van der Waals surface area (Å²) in [5.74, 6) is -3.99. The molecule has 7 nitrogen and oxygen atoms in total. The van der Waals surface area contributed by atoms with Crippen molar-refractivity contribution in [2.24, 2.45) is 0 Å². The minimum atomic E-state index is -0.903. The van der Waals surface area contributed by atoms with Crippen molar-refractivity contribution in [3.8, 4) is 34.5 Å². The fourth-order valence-corrected chi connectivity index (χ4v) is 3.51. The fraction of sp³-hybridized carbons (Fsp3) is 0. The number of benzene rings is 4. The van der Waals surface area contributed by atoms with Crippen LogP contribution in [0.2, 0.25) is 0 Å². The van der Waals surface area contributed by atoms with Crippen LogP contribution in [0, 0.1) is 0 Å². The normalized spacial score (nSPS) is 10.8. The number of phenolic OH excluding ortho intramolecular Hbond substituents is 6. The van der Waals surface area contributed by atoms with Gasteiger partial charge >= 0.3 is 0 Å². The van der Waals surface area contributed by atoms with Crippen LogP contribution in [-0.2, 0) is 0 Å². The number of aromatic hydroxyl groups is 6. The van der Waals surface area contributed by atoms with Gasteiger partial charge in [-0.3, -0.25) is 4.98 Å². The lowest BCUT2D eigenvalue weighted by Crippen LogP contribution is -1.87. The Hall–Kier alpha value is -4.39. The molecule has 0 saturated heterocycles. The Balaban J connectivity index is 0.000000313. The smallest absolute Gasteiger partial charge is 0.204 e. The highest BCUT2D eigenvalue weighted by molar-refractivity contribution is 6.30. The molecule has 0 fully saturated rings. The summed E-state index contributed by atoms with van der Waals surface area (Å²) in [6.45, 7) is 0. The van der Waals surface area contributed by atoms with Crippen LogP contribution in [0.4, 0.5) is 0 Å². The number of pyridine rings is 1. The number of rotatable bonds is 0. The second-order valence-corrected chi connectivity index (χ2v) is 6.57. The van der Waals surface area contributed by atoms with Crippen molar-refractivity contribution in [2.75, 3.05) is 0 Å². The van der Waals surface area contributed by atoms with E-state index in [0.29, 0.717) is 16.2 Å². The van der Waals surface area contributed by atoms with Gasteiger partial charge in [0.2, 0.25) is 11.5 Å². The zero-order chi connectivity index (χ0) is 21.4. The summed E-state index contributed by atoms with van der Waals surface area (Å²) in [7, 11) is 0. The van der Waals surface area contributed by atoms with Gasteiger partial charge < -0.3 is 30.6 Å². The Morgan fingerprint density at radius 2 is 0.967 bits per heavy atom. The van der Waals surface area contributed by atoms with E-state index in [2.05, 4.69) is 4.98 Å². The Labute approximate surface area is 170 Å². The zero-order valence-corrected chi connectivity index (χ0v) is 15.5. The lowest BCUT2D eigenvalue weighted by Gasteiger charge is -2.16. The van der Waals surface area contributed by atoms with Gasteiger partial charge in [-0.25, -0.2) is 0 Å². The Bertz CT molecular complexity index is 1350. The summed E-state index contributed by atoms with van der Waals surface area (Å²) in [4.78, 5) is 3.78. The summed E-state index contributed by atoms with van der Waals surface area (Å²) in [6.07, 6.45) is 3.50. The predicted molar refractivity (Wildman–Crippen MR) is 113 cm³/mol. The second kappa shape index (κ2) is 7.21. The Morgan fingerprint density at radius 3 is 1.53 bits per heavy atom. The van der Waals surface area contributed by atoms with Crippen LogP contribution in [0.1, 0.15) is 0 Å². The van der Waals surface area contributed by atoms with Crippen LogP contribution in [0.25, 0.3) is 32.3 Å². The number of hydrogen-bond acceptors (Lipinski definition) is 7. The van der Waals surface area contributed by atoms with E-state index in [9.17, 15) is 30.6 Å². The zero-order valence-electron chi connectivity index (χ0n) is 15.5. The molecule has 0 atom stereocenters. The number of nitrogens with zero attached hydrogens (tertiary/aromatic N) is 1. The molecule has 4 aromatic carbocycles. The van der Waals surface area contributed by atoms with E-state index < -0.39 is 34.5 Å². The van der Waals surface area contributed by atoms with Gasteiger partial charge in [-0.05, 0) is 40.4 Å². The van der Waals surface area contributed by atoms with Crippen molar-refractivity contribution in [1.82, 2.24) is 4.98 Å². The predicted octanol–water partition coefficient (Wildman–Crippen LogP) is 4.46. The van der Waals surface area contributed by atoms with Gasteiger partial charge in [-0.15, -0.1) is 0 Å². The molecule has 0 aliphatic carbocycles. The van der Waals surface area contributed by atoms with Crippen LogP contribution in [0.5, 0.6) is 34.5 Å². The quantitative estimate of drug-likeness (QED) is 0.128. The summed E-state index contributed by atoms with van der Waals surface area (Å²) >= 11 is 0. The summed E-state index contributed by atoms with van der Waals surface area (Å²) in [6, 6.07) is 15.5. The minimum absolute atomic E-state index is 0.0619. The Kier molecular flexibility index (Phi) is 4.56. The molecule has 0 radical (unpaired) electrons. The van der Waals surface area contributed by atoms with Crippen molar-refractivity contribution in [1.29, 1.82) is 0 Å². The van der Waals surface area contributed by atoms with Gasteiger partial charge in [0.1, 0.15) is 0 Å². The first kappa shape index (κ1) is 18.9. The van der Waals surface area contributed by atoms with Gasteiger partial charge in [0.25, 0.3) is 0 Å². The molecule has 1 heterocycles. The van der Waals surface area contributed by atoms with Crippen molar-refractivity contribution in [3.63, 3.8) is 0 Å². The molecule has 0 bridgehead atoms. The molecule has 150 valence electrons. The average molecular weight is 403 g/mol. The van der Waals surface area contributed by atoms with Gasteiger partial charge in [-0.2, -0.15) is 0 Å². The van der Waals surface area contributed by atoms with E-state index >= 15 is 0 Å². The third-order valence-electron chi connectivity index (χ3n) is 4.86. The van der Waals surface area contributed by atoms with E-state index in [4.69, 9.17) is 0 Å². The van der Waals surface area contributed by atoms with Crippen LogP contribution in [0.3, 0.4) is 0 Å². The number of aromatic nitrogens is 1. The topological polar surface area (TPSA) is 134 Å².